The van der Waals surface area contributed by atoms with E-state index in [0.29, 0.717) is 12.0 Å². The Labute approximate surface area is 129 Å². The molecule has 0 saturated carbocycles. The van der Waals surface area contributed by atoms with E-state index in [1.54, 1.807) is 0 Å². The monoisotopic (exact) mass is 338 g/mol. The highest BCUT2D eigenvalue weighted by molar-refractivity contribution is 9.10. The van der Waals surface area contributed by atoms with E-state index in [-0.39, 0.29) is 0 Å². The fourth-order valence-corrected chi connectivity index (χ4v) is 2.57. The van der Waals surface area contributed by atoms with Crippen molar-refractivity contribution >= 4 is 26.9 Å². The van der Waals surface area contributed by atoms with Crippen LogP contribution in [-0.4, -0.2) is 19.1 Å². The Hall–Kier alpha value is -0.840. The van der Waals surface area contributed by atoms with Gasteiger partial charge >= 0.3 is 0 Å². The molecule has 0 aliphatic heterocycles. The number of furan rings is 1. The summed E-state index contributed by atoms with van der Waals surface area (Å²) in [4.78, 5) is 0. The molecule has 2 N–H and O–H groups in total. The molecule has 0 radical (unpaired) electrons. The van der Waals surface area contributed by atoms with Crippen molar-refractivity contribution in [3.63, 3.8) is 0 Å². The fourth-order valence-electron chi connectivity index (χ4n) is 2.10. The normalized spacial score (nSPS) is 13.2. The van der Waals surface area contributed by atoms with Crippen molar-refractivity contribution in [2.75, 3.05) is 13.1 Å². The summed E-state index contributed by atoms with van der Waals surface area (Å²) in [7, 11) is 0. The average molecular weight is 339 g/mol. The molecule has 0 saturated heterocycles. The predicted octanol–water partition coefficient (Wildman–Crippen LogP) is 3.92. The van der Waals surface area contributed by atoms with Crippen LogP contribution in [0.3, 0.4) is 0 Å². The Morgan fingerprint density at radius 1 is 1.20 bits per heavy atom. The molecule has 2 rings (SSSR count). The second-order valence-electron chi connectivity index (χ2n) is 5.70. The van der Waals surface area contributed by atoms with Gasteiger partial charge in [0.25, 0.3) is 0 Å². The first-order valence-electron chi connectivity index (χ1n) is 7.17. The minimum Gasteiger partial charge on any atom is -0.459 e. The summed E-state index contributed by atoms with van der Waals surface area (Å²) in [5.41, 5.74) is 0.926. The molecule has 0 aliphatic carbocycles. The predicted molar refractivity (Wildman–Crippen MR) is 87.9 cm³/mol. The van der Waals surface area contributed by atoms with Crippen LogP contribution in [0.4, 0.5) is 0 Å². The SMILES string of the molecule is CC(C)CNCC(C)NCc1cc2cccc(Br)c2o1. The Balaban J connectivity index is 1.84. The Bertz CT molecular complexity index is 550. The fraction of sp³-hybridized carbons (Fsp3) is 0.500. The summed E-state index contributed by atoms with van der Waals surface area (Å²) in [6.07, 6.45) is 0. The Morgan fingerprint density at radius 2 is 2.00 bits per heavy atom. The van der Waals surface area contributed by atoms with E-state index in [1.165, 1.54) is 0 Å². The molecule has 2 aromatic rings. The lowest BCUT2D eigenvalue weighted by Crippen LogP contribution is -2.37. The lowest BCUT2D eigenvalue weighted by Gasteiger charge is -2.14. The quantitative estimate of drug-likeness (QED) is 0.803. The zero-order chi connectivity index (χ0) is 14.5. The van der Waals surface area contributed by atoms with Crippen LogP contribution in [0.5, 0.6) is 0 Å². The zero-order valence-corrected chi connectivity index (χ0v) is 14.0. The molecule has 3 nitrogen and oxygen atoms in total. The standard InChI is InChI=1S/C16H23BrN2O/c1-11(2)8-18-9-12(3)19-10-14-7-13-5-4-6-15(17)16(13)20-14/h4-7,11-12,18-19H,8-10H2,1-3H3. The summed E-state index contributed by atoms with van der Waals surface area (Å²) in [5, 5.41) is 8.08. The summed E-state index contributed by atoms with van der Waals surface area (Å²) in [6.45, 7) is 9.41. The third-order valence-corrected chi connectivity index (χ3v) is 3.80. The van der Waals surface area contributed by atoms with Crippen molar-refractivity contribution < 1.29 is 4.42 Å². The largest absolute Gasteiger partial charge is 0.459 e. The Kier molecular flexibility index (Phi) is 5.64. The lowest BCUT2D eigenvalue weighted by molar-refractivity contribution is 0.443. The van der Waals surface area contributed by atoms with Crippen LogP contribution in [0.25, 0.3) is 11.0 Å². The van der Waals surface area contributed by atoms with Gasteiger partial charge in [-0.1, -0.05) is 26.0 Å². The third kappa shape index (κ3) is 4.33. The highest BCUT2D eigenvalue weighted by atomic mass is 79.9. The molecule has 110 valence electrons. The van der Waals surface area contributed by atoms with Gasteiger partial charge < -0.3 is 15.1 Å². The first-order chi connectivity index (χ1) is 9.56. The molecular weight excluding hydrogens is 316 g/mol. The molecular formula is C16H23BrN2O. The average Bonchev–Trinajstić information content (AvgIpc) is 2.80. The van der Waals surface area contributed by atoms with Crippen LogP contribution >= 0.6 is 15.9 Å². The van der Waals surface area contributed by atoms with E-state index >= 15 is 0 Å². The molecule has 4 heteroatoms. The number of hydrogen-bond acceptors (Lipinski definition) is 3. The van der Waals surface area contributed by atoms with E-state index in [2.05, 4.69) is 59.5 Å². The van der Waals surface area contributed by atoms with Crippen molar-refractivity contribution in [1.82, 2.24) is 10.6 Å². The van der Waals surface area contributed by atoms with E-state index in [9.17, 15) is 0 Å². The molecule has 20 heavy (non-hydrogen) atoms. The second-order valence-corrected chi connectivity index (χ2v) is 6.56. The van der Waals surface area contributed by atoms with Gasteiger partial charge in [0.15, 0.2) is 0 Å². The van der Waals surface area contributed by atoms with Crippen molar-refractivity contribution in [3.05, 3.63) is 34.5 Å². The van der Waals surface area contributed by atoms with Gasteiger partial charge in [0.05, 0.1) is 11.0 Å². The third-order valence-electron chi connectivity index (χ3n) is 3.17. The molecule has 0 aliphatic rings. The first-order valence-corrected chi connectivity index (χ1v) is 7.96. The second kappa shape index (κ2) is 7.25. The number of fused-ring (bicyclic) bond motifs is 1. The van der Waals surface area contributed by atoms with Crippen molar-refractivity contribution in [3.8, 4) is 0 Å². The van der Waals surface area contributed by atoms with Crippen LogP contribution in [0.15, 0.2) is 33.2 Å². The van der Waals surface area contributed by atoms with Gasteiger partial charge in [-0.2, -0.15) is 0 Å². The highest BCUT2D eigenvalue weighted by Gasteiger charge is 2.08. The minimum atomic E-state index is 0.422. The van der Waals surface area contributed by atoms with Gasteiger partial charge in [0.2, 0.25) is 0 Å². The van der Waals surface area contributed by atoms with E-state index in [0.717, 1.165) is 40.8 Å². The van der Waals surface area contributed by atoms with Gasteiger partial charge in [-0.25, -0.2) is 0 Å². The summed E-state index contributed by atoms with van der Waals surface area (Å²) in [5.74, 6) is 1.66. The summed E-state index contributed by atoms with van der Waals surface area (Å²) < 4.78 is 6.87. The smallest absolute Gasteiger partial charge is 0.148 e. The molecule has 1 aromatic heterocycles. The molecule has 0 bridgehead atoms. The number of rotatable bonds is 7. The number of halogens is 1. The van der Waals surface area contributed by atoms with Gasteiger partial charge in [-0.3, -0.25) is 0 Å². The molecule has 0 spiro atoms. The van der Waals surface area contributed by atoms with Crippen LogP contribution in [0, 0.1) is 5.92 Å². The summed E-state index contributed by atoms with van der Waals surface area (Å²) in [6, 6.07) is 8.62. The lowest BCUT2D eigenvalue weighted by atomic mass is 10.2. The van der Waals surface area contributed by atoms with Crippen LogP contribution < -0.4 is 10.6 Å². The van der Waals surface area contributed by atoms with Crippen molar-refractivity contribution in [1.29, 1.82) is 0 Å². The zero-order valence-electron chi connectivity index (χ0n) is 12.4. The Morgan fingerprint density at radius 3 is 2.70 bits per heavy atom. The van der Waals surface area contributed by atoms with E-state index in [4.69, 9.17) is 4.42 Å². The van der Waals surface area contributed by atoms with Crippen LogP contribution in [0.1, 0.15) is 26.5 Å². The maximum absolute atomic E-state index is 5.86. The highest BCUT2D eigenvalue weighted by Crippen LogP contribution is 2.26. The maximum Gasteiger partial charge on any atom is 0.148 e. The molecule has 1 heterocycles. The van der Waals surface area contributed by atoms with Gasteiger partial charge in [0, 0.05) is 18.0 Å². The van der Waals surface area contributed by atoms with Crippen LogP contribution in [-0.2, 0) is 6.54 Å². The molecule has 1 aromatic carbocycles. The van der Waals surface area contributed by atoms with Crippen molar-refractivity contribution in [2.45, 2.75) is 33.4 Å². The number of hydrogen-bond donors (Lipinski definition) is 2. The molecule has 1 atom stereocenters. The number of benzene rings is 1. The van der Waals surface area contributed by atoms with Crippen LogP contribution in [0.2, 0.25) is 0 Å². The van der Waals surface area contributed by atoms with Gasteiger partial charge in [0.1, 0.15) is 11.3 Å². The number of nitrogens with one attached hydrogen (secondary N) is 2. The van der Waals surface area contributed by atoms with E-state index < -0.39 is 0 Å². The van der Waals surface area contributed by atoms with Crippen molar-refractivity contribution in [2.24, 2.45) is 5.92 Å². The topological polar surface area (TPSA) is 37.2 Å². The molecule has 1 unspecified atom stereocenters. The van der Waals surface area contributed by atoms with Gasteiger partial charge in [-0.05, 0) is 47.4 Å². The van der Waals surface area contributed by atoms with Gasteiger partial charge in [-0.15, -0.1) is 0 Å². The maximum atomic E-state index is 5.86. The number of para-hydroxylation sites is 1. The van der Waals surface area contributed by atoms with E-state index in [1.807, 2.05) is 12.1 Å². The molecule has 0 amide bonds. The summed E-state index contributed by atoms with van der Waals surface area (Å²) >= 11 is 3.51. The minimum absolute atomic E-state index is 0.422. The molecule has 0 fully saturated rings. The first kappa shape index (κ1) is 15.5.